The molecule has 0 saturated carbocycles. The van der Waals surface area contributed by atoms with Gasteiger partial charge in [0.1, 0.15) is 0 Å². The lowest BCUT2D eigenvalue weighted by Gasteiger charge is -2.33. The number of nitrogens with zero attached hydrogens (tertiary/aromatic N) is 3. The minimum absolute atomic E-state index is 0.135. The first-order valence-electron chi connectivity index (χ1n) is 7.91. The van der Waals surface area contributed by atoms with Crippen molar-refractivity contribution < 1.29 is 4.79 Å². The van der Waals surface area contributed by atoms with Crippen LogP contribution in [-0.2, 0) is 0 Å². The Morgan fingerprint density at radius 1 is 1.38 bits per heavy atom. The second-order valence-electron chi connectivity index (χ2n) is 5.91. The molecule has 0 bridgehead atoms. The van der Waals surface area contributed by atoms with Gasteiger partial charge in [-0.15, -0.1) is 5.10 Å². The standard InChI is InChI=1S/C18H19ClN4O/c1-13-12-23(18(24)21-17-6-3-8-20-22-17)9-7-15(13)10-14-4-2-5-16(19)11-14/h2-6,8,10-11,13H,7,9,12H2,1H3,(H,21,22,24)/b15-10+. The highest BCUT2D eigenvalue weighted by molar-refractivity contribution is 6.30. The molecule has 1 saturated heterocycles. The van der Waals surface area contributed by atoms with E-state index in [1.807, 2.05) is 29.2 Å². The molecule has 3 rings (SSSR count). The number of aromatic nitrogens is 2. The summed E-state index contributed by atoms with van der Waals surface area (Å²) in [5.74, 6) is 0.765. The Morgan fingerprint density at radius 2 is 2.25 bits per heavy atom. The molecule has 1 aromatic carbocycles. The lowest BCUT2D eigenvalue weighted by atomic mass is 9.91. The summed E-state index contributed by atoms with van der Waals surface area (Å²) in [6.45, 7) is 3.50. The summed E-state index contributed by atoms with van der Waals surface area (Å²) in [4.78, 5) is 14.1. The maximum Gasteiger partial charge on any atom is 0.323 e. The summed E-state index contributed by atoms with van der Waals surface area (Å²) in [6.07, 6.45) is 4.60. The number of halogens is 1. The zero-order valence-electron chi connectivity index (χ0n) is 13.4. The molecule has 1 fully saturated rings. The van der Waals surface area contributed by atoms with Crippen LogP contribution in [0.25, 0.3) is 6.08 Å². The van der Waals surface area contributed by atoms with Crippen LogP contribution >= 0.6 is 11.6 Å². The van der Waals surface area contributed by atoms with Crippen LogP contribution in [0.3, 0.4) is 0 Å². The van der Waals surface area contributed by atoms with Crippen molar-refractivity contribution in [3.63, 3.8) is 0 Å². The van der Waals surface area contributed by atoms with Gasteiger partial charge in [-0.3, -0.25) is 5.32 Å². The number of anilines is 1. The van der Waals surface area contributed by atoms with Crippen molar-refractivity contribution in [3.05, 3.63) is 58.8 Å². The van der Waals surface area contributed by atoms with Gasteiger partial charge < -0.3 is 4.90 Å². The molecule has 1 unspecified atom stereocenters. The van der Waals surface area contributed by atoms with Crippen LogP contribution < -0.4 is 5.32 Å². The van der Waals surface area contributed by atoms with Crippen molar-refractivity contribution in [2.75, 3.05) is 18.4 Å². The van der Waals surface area contributed by atoms with E-state index in [1.54, 1.807) is 18.3 Å². The summed E-state index contributed by atoms with van der Waals surface area (Å²) >= 11 is 6.04. The zero-order chi connectivity index (χ0) is 16.9. The number of benzene rings is 1. The van der Waals surface area contributed by atoms with Crippen molar-refractivity contribution in [3.8, 4) is 0 Å². The third-order valence-corrected chi connectivity index (χ3v) is 4.33. The number of hydrogen-bond acceptors (Lipinski definition) is 3. The van der Waals surface area contributed by atoms with Gasteiger partial charge in [-0.05, 0) is 42.2 Å². The van der Waals surface area contributed by atoms with Gasteiger partial charge in [0.25, 0.3) is 0 Å². The number of likely N-dealkylation sites (tertiary alicyclic amines) is 1. The normalized spacial score (nSPS) is 19.3. The highest BCUT2D eigenvalue weighted by atomic mass is 35.5. The zero-order valence-corrected chi connectivity index (χ0v) is 14.2. The Morgan fingerprint density at radius 3 is 2.96 bits per heavy atom. The molecule has 2 aromatic rings. The number of carbonyl (C=O) groups is 1. The van der Waals surface area contributed by atoms with Crippen LogP contribution in [0.15, 0.2) is 48.2 Å². The summed E-state index contributed by atoms with van der Waals surface area (Å²) in [6, 6.07) is 11.1. The van der Waals surface area contributed by atoms with E-state index in [0.717, 1.165) is 17.0 Å². The fourth-order valence-electron chi connectivity index (χ4n) is 2.82. The smallest absolute Gasteiger partial charge is 0.323 e. The first kappa shape index (κ1) is 16.5. The van der Waals surface area contributed by atoms with Crippen molar-refractivity contribution in [2.24, 2.45) is 5.92 Å². The van der Waals surface area contributed by atoms with E-state index in [1.165, 1.54) is 5.57 Å². The molecule has 2 amide bonds. The van der Waals surface area contributed by atoms with Crippen LogP contribution in [0.5, 0.6) is 0 Å². The van der Waals surface area contributed by atoms with Crippen LogP contribution in [0.4, 0.5) is 10.6 Å². The predicted molar refractivity (Wildman–Crippen MR) is 95.8 cm³/mol. The summed E-state index contributed by atoms with van der Waals surface area (Å²) < 4.78 is 0. The molecule has 1 aliphatic heterocycles. The topological polar surface area (TPSA) is 58.1 Å². The third-order valence-electron chi connectivity index (χ3n) is 4.09. The summed E-state index contributed by atoms with van der Waals surface area (Å²) in [5.41, 5.74) is 2.43. The van der Waals surface area contributed by atoms with E-state index in [4.69, 9.17) is 11.6 Å². The van der Waals surface area contributed by atoms with E-state index in [9.17, 15) is 4.79 Å². The van der Waals surface area contributed by atoms with Crippen LogP contribution in [0.1, 0.15) is 18.9 Å². The van der Waals surface area contributed by atoms with Crippen LogP contribution in [0.2, 0.25) is 5.02 Å². The second kappa shape index (κ2) is 7.45. The second-order valence-corrected chi connectivity index (χ2v) is 6.35. The quantitative estimate of drug-likeness (QED) is 0.894. The SMILES string of the molecule is CC1CN(C(=O)Nc2cccnn2)CC/C1=C\c1cccc(Cl)c1. The Balaban J connectivity index is 1.63. The monoisotopic (exact) mass is 342 g/mol. The average Bonchev–Trinajstić information content (AvgIpc) is 2.57. The Hall–Kier alpha value is -2.40. The predicted octanol–water partition coefficient (Wildman–Crippen LogP) is 4.09. The summed E-state index contributed by atoms with van der Waals surface area (Å²) in [7, 11) is 0. The molecule has 5 nitrogen and oxygen atoms in total. The highest BCUT2D eigenvalue weighted by Gasteiger charge is 2.24. The van der Waals surface area contributed by atoms with Crippen LogP contribution in [-0.4, -0.2) is 34.2 Å². The van der Waals surface area contributed by atoms with E-state index < -0.39 is 0 Å². The van der Waals surface area contributed by atoms with Crippen molar-refractivity contribution in [1.82, 2.24) is 15.1 Å². The number of rotatable bonds is 2. The maximum absolute atomic E-state index is 12.3. The first-order chi connectivity index (χ1) is 11.6. The van der Waals surface area contributed by atoms with Gasteiger partial charge in [-0.25, -0.2) is 4.79 Å². The molecule has 0 spiro atoms. The lowest BCUT2D eigenvalue weighted by molar-refractivity contribution is 0.197. The molecule has 6 heteroatoms. The Bertz CT molecular complexity index is 748. The molecule has 1 aromatic heterocycles. The van der Waals surface area contributed by atoms with Gasteiger partial charge in [0.05, 0.1) is 0 Å². The van der Waals surface area contributed by atoms with E-state index in [0.29, 0.717) is 24.8 Å². The fourth-order valence-corrected chi connectivity index (χ4v) is 3.01. The van der Waals surface area contributed by atoms with Crippen molar-refractivity contribution >= 4 is 29.5 Å². The Labute approximate surface area is 146 Å². The van der Waals surface area contributed by atoms with E-state index in [2.05, 4.69) is 28.5 Å². The minimum Gasteiger partial charge on any atom is -0.324 e. The lowest BCUT2D eigenvalue weighted by Crippen LogP contribution is -2.42. The molecule has 1 atom stereocenters. The number of hydrogen-bond donors (Lipinski definition) is 1. The molecule has 0 aliphatic carbocycles. The summed E-state index contributed by atoms with van der Waals surface area (Å²) in [5, 5.41) is 11.2. The number of carbonyl (C=O) groups excluding carboxylic acids is 1. The molecule has 1 aliphatic rings. The number of urea groups is 1. The molecular weight excluding hydrogens is 324 g/mol. The molecule has 124 valence electrons. The number of piperidine rings is 1. The van der Waals surface area contributed by atoms with Gasteiger partial charge in [0, 0.05) is 24.3 Å². The highest BCUT2D eigenvalue weighted by Crippen LogP contribution is 2.26. The van der Waals surface area contributed by atoms with Gasteiger partial charge in [-0.1, -0.05) is 42.3 Å². The van der Waals surface area contributed by atoms with Gasteiger partial charge in [0.2, 0.25) is 0 Å². The number of nitrogens with one attached hydrogen (secondary N) is 1. The van der Waals surface area contributed by atoms with Gasteiger partial charge in [0.15, 0.2) is 5.82 Å². The fraction of sp³-hybridized carbons (Fsp3) is 0.278. The van der Waals surface area contributed by atoms with Crippen LogP contribution in [0, 0.1) is 5.92 Å². The molecule has 2 heterocycles. The van der Waals surface area contributed by atoms with Crippen molar-refractivity contribution in [2.45, 2.75) is 13.3 Å². The molecule has 24 heavy (non-hydrogen) atoms. The minimum atomic E-state index is -0.135. The van der Waals surface area contributed by atoms with Gasteiger partial charge in [-0.2, -0.15) is 5.10 Å². The molecule has 0 radical (unpaired) electrons. The van der Waals surface area contributed by atoms with E-state index >= 15 is 0 Å². The maximum atomic E-state index is 12.3. The largest absolute Gasteiger partial charge is 0.324 e. The molecular formula is C18H19ClN4O. The van der Waals surface area contributed by atoms with Crippen molar-refractivity contribution in [1.29, 1.82) is 0 Å². The Kier molecular flexibility index (Phi) is 5.11. The number of amides is 2. The van der Waals surface area contributed by atoms with E-state index in [-0.39, 0.29) is 6.03 Å². The first-order valence-corrected chi connectivity index (χ1v) is 8.29. The third kappa shape index (κ3) is 4.11. The average molecular weight is 343 g/mol. The molecule has 1 N–H and O–H groups in total. The van der Waals surface area contributed by atoms with Gasteiger partial charge >= 0.3 is 6.03 Å².